The fourth-order valence-electron chi connectivity index (χ4n) is 4.57. The van der Waals surface area contributed by atoms with Gasteiger partial charge in [0, 0.05) is 17.8 Å². The van der Waals surface area contributed by atoms with Gasteiger partial charge in [-0.2, -0.15) is 52.7 Å². The minimum Gasteiger partial charge on any atom is -0.531 e. The Morgan fingerprint density at radius 1 is 0.571 bits per heavy atom. The van der Waals surface area contributed by atoms with Crippen LogP contribution in [0.3, 0.4) is 0 Å². The highest BCUT2D eigenvalue weighted by atomic mass is 31.2. The van der Waals surface area contributed by atoms with Crippen molar-refractivity contribution in [2.45, 2.75) is 35.9 Å². The Morgan fingerprint density at radius 3 is 1.14 bits per heavy atom. The van der Waals surface area contributed by atoms with Gasteiger partial charge in [0.05, 0.1) is 10.6 Å². The smallest absolute Gasteiger partial charge is 0.427 e. The highest BCUT2D eigenvalue weighted by Gasteiger charge is 2.81. The Bertz CT molecular complexity index is 1040. The van der Waals surface area contributed by atoms with Crippen LogP contribution in [0.2, 0.25) is 0 Å². The van der Waals surface area contributed by atoms with Gasteiger partial charge < -0.3 is 9.31 Å². The molecule has 0 fully saturated rings. The molecule has 0 aliphatic carbocycles. The largest absolute Gasteiger partial charge is 0.531 e. The molecule has 0 saturated carbocycles. The zero-order valence-electron chi connectivity index (χ0n) is 17.0. The van der Waals surface area contributed by atoms with Gasteiger partial charge >= 0.3 is 31.5 Å². The third-order valence-corrected chi connectivity index (χ3v) is 9.98. The first kappa shape index (κ1) is 26.1. The van der Waals surface area contributed by atoms with E-state index in [-0.39, 0.29) is 0 Å². The molecule has 0 bridgehead atoms. The van der Waals surface area contributed by atoms with Gasteiger partial charge in [0.25, 0.3) is 11.2 Å². The number of hydrogen-bond donors (Lipinski definition) is 0. The van der Waals surface area contributed by atoms with E-state index in [0.29, 0.717) is 12.1 Å². The Hall–Kier alpha value is -1.99. The van der Waals surface area contributed by atoms with Crippen molar-refractivity contribution in [1.82, 2.24) is 0 Å². The third-order valence-electron chi connectivity index (χ3n) is 6.14. The number of hydrogen-bond acceptors (Lipinski definition) is 2. The molecular weight excluding hydrogens is 530 g/mol. The summed E-state index contributed by atoms with van der Waals surface area (Å²) in [5.41, 5.74) is -13.4. The van der Waals surface area contributed by atoms with Crippen molar-refractivity contribution in [2.24, 2.45) is 0 Å². The number of benzene rings is 2. The van der Waals surface area contributed by atoms with Crippen molar-refractivity contribution in [3.63, 3.8) is 0 Å². The minimum absolute atomic E-state index is 0.440. The second kappa shape index (κ2) is 7.29. The molecule has 2 heterocycles. The zero-order chi connectivity index (χ0) is 26.5. The normalized spacial score (nSPS) is 21.6. The molecule has 0 unspecified atom stereocenters. The summed E-state index contributed by atoms with van der Waals surface area (Å²) in [5, 5.41) is -1.48. The second-order valence-electron chi connectivity index (χ2n) is 8.01. The molecule has 2 aromatic carbocycles. The van der Waals surface area contributed by atoms with Crippen molar-refractivity contribution in [3.05, 3.63) is 59.7 Å². The molecule has 0 saturated heterocycles. The van der Waals surface area contributed by atoms with E-state index in [9.17, 15) is 52.7 Å². The number of alkyl halides is 12. The molecule has 2 aliphatic heterocycles. The highest BCUT2D eigenvalue weighted by Crippen LogP contribution is 2.72. The quantitative estimate of drug-likeness (QED) is 0.233. The standard InChI is InChI=1S/C19H11BF12O2P/c1-35-12-8-4-2-6-10(12)14(16(21,22)23,17(24,25)26)33-20(35)34-15(18(27,28)29,19(30,31)32)11-7-3-5-9-13(11)35/h2-9H,1H3. The van der Waals surface area contributed by atoms with Crippen LogP contribution in [0.1, 0.15) is 11.1 Å². The lowest BCUT2D eigenvalue weighted by Gasteiger charge is -2.59. The van der Waals surface area contributed by atoms with Crippen LogP contribution in [0.25, 0.3) is 0 Å². The Morgan fingerprint density at radius 2 is 0.857 bits per heavy atom. The SMILES string of the molecule is C[P+]12[B-](OC(C(F)(F)F)(C(F)(F)F)c3ccccc31)OC(C(F)(F)F)(C(F)(F)F)c1ccccc12. The lowest BCUT2D eigenvalue weighted by Crippen LogP contribution is -2.70. The predicted molar refractivity (Wildman–Crippen MR) is 100 cm³/mol. The molecule has 0 aromatic heterocycles. The summed E-state index contributed by atoms with van der Waals surface area (Å²) in [6.07, 6.45) is -25.3. The van der Waals surface area contributed by atoms with Crippen LogP contribution in [0.15, 0.2) is 48.5 Å². The number of halogens is 12. The van der Waals surface area contributed by atoms with E-state index < -0.39 is 71.6 Å². The van der Waals surface area contributed by atoms with Crippen molar-refractivity contribution in [2.75, 3.05) is 6.66 Å². The maximum absolute atomic E-state index is 14.1. The molecule has 0 amide bonds. The summed E-state index contributed by atoms with van der Waals surface area (Å²) in [6, 6.07) is 6.20. The minimum atomic E-state index is -6.33. The van der Waals surface area contributed by atoms with E-state index in [0.717, 1.165) is 43.1 Å². The van der Waals surface area contributed by atoms with E-state index >= 15 is 0 Å². The van der Waals surface area contributed by atoms with Crippen molar-refractivity contribution >= 4 is 24.6 Å². The molecule has 2 nitrogen and oxygen atoms in total. The van der Waals surface area contributed by atoms with E-state index in [2.05, 4.69) is 9.31 Å². The summed E-state index contributed by atoms with van der Waals surface area (Å²) in [6.45, 7) is -2.22. The van der Waals surface area contributed by atoms with E-state index in [1.54, 1.807) is 0 Å². The molecule has 2 aliphatic rings. The van der Waals surface area contributed by atoms with Gasteiger partial charge in [-0.3, -0.25) is 0 Å². The van der Waals surface area contributed by atoms with Gasteiger partial charge in [-0.1, -0.05) is 43.5 Å². The Kier molecular flexibility index (Phi) is 5.43. The van der Waals surface area contributed by atoms with Crippen LogP contribution in [-0.2, 0) is 20.5 Å². The van der Waals surface area contributed by atoms with Crippen LogP contribution in [0.4, 0.5) is 52.7 Å². The average molecular weight is 541 g/mol. The van der Waals surface area contributed by atoms with Gasteiger partial charge in [0.2, 0.25) is 0 Å². The summed E-state index contributed by atoms with van der Waals surface area (Å²) >= 11 is 0. The van der Waals surface area contributed by atoms with Crippen LogP contribution in [0.5, 0.6) is 0 Å². The van der Waals surface area contributed by atoms with Gasteiger partial charge in [-0.25, -0.2) is 0 Å². The molecule has 2 aromatic rings. The Labute approximate surface area is 189 Å². The summed E-state index contributed by atoms with van der Waals surface area (Å²) in [4.78, 5) is 0. The lowest BCUT2D eigenvalue weighted by atomic mass is 9.87. The van der Waals surface area contributed by atoms with Gasteiger partial charge in [0.1, 0.15) is 0 Å². The number of fused-ring (bicyclic) bond motifs is 5. The molecule has 0 atom stereocenters. The first-order valence-electron chi connectivity index (χ1n) is 9.45. The predicted octanol–water partition coefficient (Wildman–Crippen LogP) is 5.97. The maximum atomic E-state index is 14.1. The first-order valence-corrected chi connectivity index (χ1v) is 11.8. The van der Waals surface area contributed by atoms with Crippen LogP contribution in [-0.4, -0.2) is 38.2 Å². The monoisotopic (exact) mass is 541 g/mol. The fraction of sp³-hybridized carbons (Fsp3) is 0.368. The number of rotatable bonds is 0. The van der Waals surface area contributed by atoms with Gasteiger partial charge in [-0.15, -0.1) is 0 Å². The van der Waals surface area contributed by atoms with Crippen LogP contribution >= 0.6 is 7.14 Å². The van der Waals surface area contributed by atoms with Crippen molar-refractivity contribution in [1.29, 1.82) is 0 Å². The van der Waals surface area contributed by atoms with E-state index in [4.69, 9.17) is 0 Å². The summed E-state index contributed by atoms with van der Waals surface area (Å²) < 4.78 is 178. The van der Waals surface area contributed by atoms with Gasteiger partial charge in [0.15, 0.2) is 0 Å². The summed E-state index contributed by atoms with van der Waals surface area (Å²) in [5.74, 6) is 0. The average Bonchev–Trinajstić information content (AvgIpc) is 2.69. The lowest BCUT2D eigenvalue weighted by molar-refractivity contribution is -0.385. The van der Waals surface area contributed by atoms with E-state index in [1.807, 2.05) is 0 Å². The molecule has 0 N–H and O–H groups in total. The first-order chi connectivity index (χ1) is 15.8. The molecular formula is C19H11BF12O2P. The van der Waals surface area contributed by atoms with Crippen LogP contribution in [0, 0.1) is 0 Å². The maximum Gasteiger partial charge on any atom is 0.427 e. The topological polar surface area (TPSA) is 18.5 Å². The molecule has 16 heteroatoms. The molecule has 191 valence electrons. The molecule has 1 radical (unpaired) electrons. The molecule has 0 spiro atoms. The Balaban J connectivity index is 2.18. The third kappa shape index (κ3) is 3.13. The molecule has 35 heavy (non-hydrogen) atoms. The summed E-state index contributed by atoms with van der Waals surface area (Å²) in [7, 11) is -4.03. The second-order valence-corrected chi connectivity index (χ2v) is 11.5. The zero-order valence-corrected chi connectivity index (χ0v) is 17.9. The highest BCUT2D eigenvalue weighted by molar-refractivity contribution is 8.12. The van der Waals surface area contributed by atoms with Crippen molar-refractivity contribution < 1.29 is 62.0 Å². The van der Waals surface area contributed by atoms with Crippen molar-refractivity contribution in [3.8, 4) is 0 Å². The molecule has 4 rings (SSSR count). The van der Waals surface area contributed by atoms with Gasteiger partial charge in [-0.05, 0) is 12.1 Å². The van der Waals surface area contributed by atoms with Crippen LogP contribution < -0.4 is 10.6 Å². The van der Waals surface area contributed by atoms with E-state index in [1.165, 1.54) is 0 Å². The fourth-order valence-corrected chi connectivity index (χ4v) is 8.28.